The first kappa shape index (κ1) is 15.2. The minimum atomic E-state index is -0.327. The lowest BCUT2D eigenvalue weighted by atomic mass is 10.1. The monoisotopic (exact) mass is 327 g/mol. The zero-order valence-electron chi connectivity index (χ0n) is 12.6. The lowest BCUT2D eigenvalue weighted by Gasteiger charge is -2.08. The molecule has 0 aliphatic rings. The Bertz CT molecular complexity index is 857. The fourth-order valence-electron chi connectivity index (χ4n) is 2.20. The van der Waals surface area contributed by atoms with Crippen molar-refractivity contribution >= 4 is 23.3 Å². The summed E-state index contributed by atoms with van der Waals surface area (Å²) in [5.74, 6) is 0.0942. The van der Waals surface area contributed by atoms with Gasteiger partial charge >= 0.3 is 0 Å². The van der Waals surface area contributed by atoms with E-state index in [4.69, 9.17) is 11.6 Å². The van der Waals surface area contributed by atoms with Crippen LogP contribution in [0, 0.1) is 6.92 Å². The van der Waals surface area contributed by atoms with Gasteiger partial charge < -0.3 is 9.88 Å². The Labute approximate surface area is 138 Å². The van der Waals surface area contributed by atoms with Crippen molar-refractivity contribution in [2.24, 2.45) is 7.05 Å². The molecule has 3 rings (SSSR count). The quantitative estimate of drug-likeness (QED) is 0.802. The zero-order valence-corrected chi connectivity index (χ0v) is 13.4. The summed E-state index contributed by atoms with van der Waals surface area (Å²) < 4.78 is 1.89. The van der Waals surface area contributed by atoms with E-state index in [1.54, 1.807) is 30.7 Å². The molecule has 0 unspecified atom stereocenters. The molecule has 0 radical (unpaired) electrons. The van der Waals surface area contributed by atoms with E-state index in [0.29, 0.717) is 16.5 Å². The number of aryl methyl sites for hydroxylation is 2. The topological polar surface area (TPSA) is 72.7 Å². The second-order valence-electron chi connectivity index (χ2n) is 5.09. The van der Waals surface area contributed by atoms with Gasteiger partial charge in [-0.25, -0.2) is 15.0 Å². The van der Waals surface area contributed by atoms with Crippen molar-refractivity contribution < 1.29 is 4.79 Å². The average molecular weight is 328 g/mol. The first-order valence-corrected chi connectivity index (χ1v) is 7.29. The molecule has 0 aromatic carbocycles. The highest BCUT2D eigenvalue weighted by Gasteiger charge is 2.12. The number of rotatable bonds is 3. The second kappa shape index (κ2) is 6.18. The molecular weight excluding hydrogens is 314 g/mol. The highest BCUT2D eigenvalue weighted by molar-refractivity contribution is 6.30. The molecule has 0 fully saturated rings. The maximum absolute atomic E-state index is 12.4. The normalized spacial score (nSPS) is 10.6. The standard InChI is InChI=1S/C16H14ClN5O/c1-10-5-11(14-8-18-9-22(14)2)6-13(20-10)16(23)21-15-4-3-12(17)7-19-15/h3-9H,1-2H3,(H,19,21,23). The van der Waals surface area contributed by atoms with E-state index in [-0.39, 0.29) is 5.91 Å². The Hall–Kier alpha value is -2.73. The molecule has 0 saturated carbocycles. The van der Waals surface area contributed by atoms with Gasteiger partial charge in [0.05, 0.1) is 23.2 Å². The van der Waals surface area contributed by atoms with Crippen molar-refractivity contribution in [1.29, 1.82) is 0 Å². The van der Waals surface area contributed by atoms with E-state index >= 15 is 0 Å². The first-order chi connectivity index (χ1) is 11.0. The number of amides is 1. The molecule has 1 N–H and O–H groups in total. The summed E-state index contributed by atoms with van der Waals surface area (Å²) in [6.45, 7) is 1.84. The van der Waals surface area contributed by atoms with Crippen LogP contribution in [-0.4, -0.2) is 25.4 Å². The molecule has 0 aliphatic heterocycles. The third kappa shape index (κ3) is 3.37. The van der Waals surface area contributed by atoms with Gasteiger partial charge in [-0.15, -0.1) is 0 Å². The summed E-state index contributed by atoms with van der Waals surface area (Å²) >= 11 is 5.78. The molecule has 0 aliphatic carbocycles. The van der Waals surface area contributed by atoms with Crippen molar-refractivity contribution in [1.82, 2.24) is 19.5 Å². The number of aromatic nitrogens is 4. The summed E-state index contributed by atoms with van der Waals surface area (Å²) in [7, 11) is 1.90. The summed E-state index contributed by atoms with van der Waals surface area (Å²) in [5.41, 5.74) is 2.86. The van der Waals surface area contributed by atoms with Gasteiger partial charge in [-0.3, -0.25) is 4.79 Å². The van der Waals surface area contributed by atoms with E-state index < -0.39 is 0 Å². The Morgan fingerprint density at radius 2 is 2.09 bits per heavy atom. The summed E-state index contributed by atoms with van der Waals surface area (Å²) in [4.78, 5) is 24.8. The zero-order chi connectivity index (χ0) is 16.4. The fraction of sp³-hybridized carbons (Fsp3) is 0.125. The highest BCUT2D eigenvalue weighted by Crippen LogP contribution is 2.20. The van der Waals surface area contributed by atoms with Crippen LogP contribution in [0.5, 0.6) is 0 Å². The van der Waals surface area contributed by atoms with Crippen LogP contribution in [0.25, 0.3) is 11.3 Å². The summed E-state index contributed by atoms with van der Waals surface area (Å²) in [6, 6.07) is 6.94. The molecule has 116 valence electrons. The van der Waals surface area contributed by atoms with Crippen LogP contribution < -0.4 is 5.32 Å². The molecule has 23 heavy (non-hydrogen) atoms. The van der Waals surface area contributed by atoms with E-state index in [0.717, 1.165) is 17.0 Å². The predicted molar refractivity (Wildman–Crippen MR) is 88.4 cm³/mol. The Morgan fingerprint density at radius 3 is 2.74 bits per heavy atom. The van der Waals surface area contributed by atoms with Crippen LogP contribution in [0.3, 0.4) is 0 Å². The molecule has 0 saturated heterocycles. The van der Waals surface area contributed by atoms with E-state index in [2.05, 4.69) is 20.3 Å². The molecule has 7 heteroatoms. The average Bonchev–Trinajstić information content (AvgIpc) is 2.95. The Kier molecular flexibility index (Phi) is 4.08. The molecule has 0 bridgehead atoms. The molecule has 0 spiro atoms. The third-order valence-corrected chi connectivity index (χ3v) is 3.49. The van der Waals surface area contributed by atoms with Crippen LogP contribution >= 0.6 is 11.6 Å². The Balaban J connectivity index is 1.90. The second-order valence-corrected chi connectivity index (χ2v) is 5.52. The smallest absolute Gasteiger partial charge is 0.275 e. The van der Waals surface area contributed by atoms with Crippen molar-refractivity contribution in [2.45, 2.75) is 6.92 Å². The van der Waals surface area contributed by atoms with Crippen molar-refractivity contribution in [3.8, 4) is 11.3 Å². The minimum absolute atomic E-state index is 0.318. The van der Waals surface area contributed by atoms with Gasteiger partial charge in [0.25, 0.3) is 5.91 Å². The fourth-order valence-corrected chi connectivity index (χ4v) is 2.31. The molecule has 6 nitrogen and oxygen atoms in total. The SMILES string of the molecule is Cc1cc(-c2cncn2C)cc(C(=O)Nc2ccc(Cl)cn2)n1. The van der Waals surface area contributed by atoms with Crippen LogP contribution in [0.1, 0.15) is 16.2 Å². The molecule has 3 aromatic rings. The van der Waals surface area contributed by atoms with Crippen LogP contribution in [0.2, 0.25) is 5.02 Å². The van der Waals surface area contributed by atoms with Crippen molar-refractivity contribution in [3.05, 3.63) is 59.4 Å². The van der Waals surface area contributed by atoms with E-state index in [1.807, 2.05) is 24.6 Å². The number of hydrogen-bond acceptors (Lipinski definition) is 4. The summed E-state index contributed by atoms with van der Waals surface area (Å²) in [5, 5.41) is 3.22. The molecule has 3 aromatic heterocycles. The van der Waals surface area contributed by atoms with Gasteiger partial charge in [0, 0.05) is 24.5 Å². The van der Waals surface area contributed by atoms with E-state index in [9.17, 15) is 4.79 Å². The van der Waals surface area contributed by atoms with Gasteiger partial charge in [0.15, 0.2) is 0 Å². The number of hydrogen-bond donors (Lipinski definition) is 1. The summed E-state index contributed by atoms with van der Waals surface area (Å²) in [6.07, 6.45) is 4.93. The molecule has 0 atom stereocenters. The third-order valence-electron chi connectivity index (χ3n) is 3.27. The highest BCUT2D eigenvalue weighted by atomic mass is 35.5. The predicted octanol–water partition coefficient (Wildman–Crippen LogP) is 3.09. The molecule has 3 heterocycles. The molecule has 1 amide bonds. The number of pyridine rings is 2. The van der Waals surface area contributed by atoms with Crippen LogP contribution in [-0.2, 0) is 7.05 Å². The Morgan fingerprint density at radius 1 is 1.26 bits per heavy atom. The lowest BCUT2D eigenvalue weighted by molar-refractivity contribution is 0.102. The maximum Gasteiger partial charge on any atom is 0.275 e. The van der Waals surface area contributed by atoms with Gasteiger partial charge in [-0.1, -0.05) is 11.6 Å². The van der Waals surface area contributed by atoms with E-state index in [1.165, 1.54) is 6.20 Å². The van der Waals surface area contributed by atoms with Gasteiger partial charge in [0.1, 0.15) is 11.5 Å². The number of nitrogens with one attached hydrogen (secondary N) is 1. The molecular formula is C16H14ClN5O. The van der Waals surface area contributed by atoms with Gasteiger partial charge in [-0.05, 0) is 31.2 Å². The number of carbonyl (C=O) groups excluding carboxylic acids is 1. The number of nitrogens with zero attached hydrogens (tertiary/aromatic N) is 4. The minimum Gasteiger partial charge on any atom is -0.334 e. The first-order valence-electron chi connectivity index (χ1n) is 6.91. The van der Waals surface area contributed by atoms with Gasteiger partial charge in [-0.2, -0.15) is 0 Å². The number of imidazole rings is 1. The van der Waals surface area contributed by atoms with Crippen molar-refractivity contribution in [2.75, 3.05) is 5.32 Å². The van der Waals surface area contributed by atoms with Crippen LogP contribution in [0.4, 0.5) is 5.82 Å². The number of halogens is 1. The maximum atomic E-state index is 12.4. The number of anilines is 1. The lowest BCUT2D eigenvalue weighted by Crippen LogP contribution is -2.15. The van der Waals surface area contributed by atoms with Crippen molar-refractivity contribution in [3.63, 3.8) is 0 Å². The largest absolute Gasteiger partial charge is 0.334 e. The van der Waals surface area contributed by atoms with Crippen LogP contribution in [0.15, 0.2) is 43.0 Å². The number of carbonyl (C=O) groups is 1. The van der Waals surface area contributed by atoms with Gasteiger partial charge in [0.2, 0.25) is 0 Å².